The predicted molar refractivity (Wildman–Crippen MR) is 139 cm³/mol. The fourth-order valence-corrected chi connectivity index (χ4v) is 7.14. The van der Waals surface area contributed by atoms with Crippen molar-refractivity contribution in [3.05, 3.63) is 45.5 Å². The Hall–Kier alpha value is -1.80. The van der Waals surface area contributed by atoms with Gasteiger partial charge in [0.1, 0.15) is 5.82 Å². The number of thiazole rings is 1. The molecule has 34 heavy (non-hydrogen) atoms. The molecule has 5 heterocycles. The number of aromatic nitrogens is 2. The highest BCUT2D eigenvalue weighted by Gasteiger charge is 2.30. The molecule has 0 amide bonds. The van der Waals surface area contributed by atoms with Gasteiger partial charge in [0.25, 0.3) is 0 Å². The van der Waals surface area contributed by atoms with Crippen molar-refractivity contribution in [2.45, 2.75) is 56.4 Å². The summed E-state index contributed by atoms with van der Waals surface area (Å²) in [7, 11) is 2.22. The van der Waals surface area contributed by atoms with Crippen LogP contribution in [0.2, 0.25) is 0 Å². The van der Waals surface area contributed by atoms with Gasteiger partial charge in [-0.2, -0.15) is 0 Å². The quantitative estimate of drug-likeness (QED) is 0.694. The molecule has 0 bridgehead atoms. The number of pyridine rings is 1. The van der Waals surface area contributed by atoms with Gasteiger partial charge in [-0.3, -0.25) is 4.90 Å². The van der Waals surface area contributed by atoms with Crippen LogP contribution in [0.15, 0.2) is 23.7 Å². The zero-order valence-corrected chi connectivity index (χ0v) is 21.2. The van der Waals surface area contributed by atoms with Crippen molar-refractivity contribution >= 4 is 22.7 Å². The summed E-state index contributed by atoms with van der Waals surface area (Å²) < 4.78 is 5.66. The van der Waals surface area contributed by atoms with Crippen LogP contribution in [0, 0.1) is 0 Å². The van der Waals surface area contributed by atoms with E-state index in [1.807, 2.05) is 11.3 Å². The van der Waals surface area contributed by atoms with Gasteiger partial charge >= 0.3 is 0 Å². The van der Waals surface area contributed by atoms with E-state index in [2.05, 4.69) is 45.9 Å². The third-order valence-electron chi connectivity index (χ3n) is 8.26. The number of hydrogen-bond donors (Lipinski definition) is 1. The first-order valence-corrected chi connectivity index (χ1v) is 14.0. The summed E-state index contributed by atoms with van der Waals surface area (Å²) in [6, 6.07) is 3.06. The Balaban J connectivity index is 1.16. The van der Waals surface area contributed by atoms with Crippen molar-refractivity contribution in [3.63, 3.8) is 0 Å². The van der Waals surface area contributed by atoms with Crippen LogP contribution in [0.3, 0.4) is 0 Å². The minimum absolute atomic E-state index is 0.313. The molecule has 3 aliphatic heterocycles. The maximum atomic E-state index is 5.66. The Labute approximate surface area is 207 Å². The summed E-state index contributed by atoms with van der Waals surface area (Å²) >= 11 is 1.86. The van der Waals surface area contributed by atoms with E-state index < -0.39 is 0 Å². The van der Waals surface area contributed by atoms with Crippen LogP contribution < -0.4 is 5.32 Å². The lowest BCUT2D eigenvalue weighted by molar-refractivity contribution is 0.129. The first kappa shape index (κ1) is 22.7. The summed E-state index contributed by atoms with van der Waals surface area (Å²) in [5, 5.41) is 7.17. The number of anilines is 1. The van der Waals surface area contributed by atoms with Gasteiger partial charge in [-0.1, -0.05) is 6.08 Å². The van der Waals surface area contributed by atoms with Crippen molar-refractivity contribution in [2.75, 3.05) is 58.3 Å². The second-order valence-electron chi connectivity index (χ2n) is 10.4. The van der Waals surface area contributed by atoms with Gasteiger partial charge in [0, 0.05) is 61.3 Å². The molecular weight excluding hydrogens is 442 g/mol. The molecule has 7 heteroatoms. The van der Waals surface area contributed by atoms with Gasteiger partial charge in [-0.25, -0.2) is 9.97 Å². The van der Waals surface area contributed by atoms with Gasteiger partial charge < -0.3 is 15.0 Å². The number of nitrogens with zero attached hydrogens (tertiary/aromatic N) is 4. The summed E-state index contributed by atoms with van der Waals surface area (Å²) in [6.07, 6.45) is 11.7. The molecular formula is C27H37N5OS. The average Bonchev–Trinajstić information content (AvgIpc) is 3.43. The minimum atomic E-state index is 0.313. The number of hydrogen-bond acceptors (Lipinski definition) is 7. The van der Waals surface area contributed by atoms with Gasteiger partial charge in [0.05, 0.1) is 17.3 Å². The van der Waals surface area contributed by atoms with E-state index in [0.29, 0.717) is 17.9 Å². The third kappa shape index (κ3) is 4.68. The first-order chi connectivity index (χ1) is 16.7. The monoisotopic (exact) mass is 479 g/mol. The largest absolute Gasteiger partial charge is 0.380 e. The molecule has 2 saturated heterocycles. The minimum Gasteiger partial charge on any atom is -0.380 e. The lowest BCUT2D eigenvalue weighted by Gasteiger charge is -2.32. The highest BCUT2D eigenvalue weighted by atomic mass is 32.1. The zero-order valence-electron chi connectivity index (χ0n) is 20.3. The Morgan fingerprint density at radius 3 is 2.88 bits per heavy atom. The molecule has 0 saturated carbocycles. The molecule has 4 aliphatic rings. The van der Waals surface area contributed by atoms with E-state index >= 15 is 0 Å². The summed E-state index contributed by atoms with van der Waals surface area (Å²) in [6.45, 7) is 7.32. The number of ether oxygens (including phenoxy) is 1. The lowest BCUT2D eigenvalue weighted by atomic mass is 9.89. The predicted octanol–water partition coefficient (Wildman–Crippen LogP) is 4.56. The van der Waals surface area contributed by atoms with Crippen LogP contribution in [-0.4, -0.2) is 78.8 Å². The van der Waals surface area contributed by atoms with Gasteiger partial charge in [0.2, 0.25) is 0 Å². The maximum Gasteiger partial charge on any atom is 0.129 e. The van der Waals surface area contributed by atoms with E-state index in [9.17, 15) is 0 Å². The van der Waals surface area contributed by atoms with E-state index in [1.165, 1.54) is 66.3 Å². The molecule has 1 N–H and O–H groups in total. The Morgan fingerprint density at radius 1 is 1.12 bits per heavy atom. The van der Waals surface area contributed by atoms with Crippen LogP contribution in [-0.2, 0) is 4.74 Å². The number of likely N-dealkylation sites (tertiary alicyclic amines) is 1. The van der Waals surface area contributed by atoms with Crippen molar-refractivity contribution in [1.82, 2.24) is 19.8 Å². The van der Waals surface area contributed by atoms with E-state index in [4.69, 9.17) is 14.7 Å². The summed E-state index contributed by atoms with van der Waals surface area (Å²) in [5.41, 5.74) is 5.32. The van der Waals surface area contributed by atoms with Crippen molar-refractivity contribution in [2.24, 2.45) is 0 Å². The van der Waals surface area contributed by atoms with Gasteiger partial charge in [-0.05, 0) is 75.9 Å². The highest BCUT2D eigenvalue weighted by Crippen LogP contribution is 2.40. The molecule has 1 aliphatic carbocycles. The molecule has 2 aromatic heterocycles. The van der Waals surface area contributed by atoms with Crippen LogP contribution in [0.1, 0.15) is 72.2 Å². The summed E-state index contributed by atoms with van der Waals surface area (Å²) in [4.78, 5) is 15.1. The second-order valence-corrected chi connectivity index (χ2v) is 11.3. The zero-order chi connectivity index (χ0) is 22.9. The summed E-state index contributed by atoms with van der Waals surface area (Å²) in [5.74, 6) is 1.98. The third-order valence-corrected chi connectivity index (χ3v) is 9.28. The van der Waals surface area contributed by atoms with Crippen molar-refractivity contribution < 1.29 is 4.74 Å². The van der Waals surface area contributed by atoms with E-state index in [0.717, 1.165) is 51.4 Å². The second kappa shape index (κ2) is 10.1. The van der Waals surface area contributed by atoms with Gasteiger partial charge in [0.15, 0.2) is 0 Å². The van der Waals surface area contributed by atoms with Crippen LogP contribution in [0.25, 0.3) is 5.57 Å². The standard InChI is InChI=1S/C27H37N5OS/c1-31-10-7-20(8-11-31)27-30-25(18-34-27)24-17-29-26-23(24)15-21(16-28-26)19-3-5-22(6-4-19)32-9-2-13-33-14-12-32/h3,15-16,18,20,22,24H,2,4-14,17H2,1H3,(H,28,29). The Morgan fingerprint density at radius 2 is 2.03 bits per heavy atom. The lowest BCUT2D eigenvalue weighted by Crippen LogP contribution is -2.37. The van der Waals surface area contributed by atoms with Crippen molar-refractivity contribution in [1.29, 1.82) is 0 Å². The number of piperidine rings is 1. The fraction of sp³-hybridized carbons (Fsp3) is 0.630. The topological polar surface area (TPSA) is 53.5 Å². The first-order valence-electron chi connectivity index (χ1n) is 13.1. The number of nitrogens with one attached hydrogen (secondary N) is 1. The molecule has 2 atom stereocenters. The average molecular weight is 480 g/mol. The molecule has 182 valence electrons. The molecule has 2 aromatic rings. The molecule has 6 nitrogen and oxygen atoms in total. The van der Waals surface area contributed by atoms with E-state index in [-0.39, 0.29) is 0 Å². The van der Waals surface area contributed by atoms with Crippen LogP contribution in [0.4, 0.5) is 5.82 Å². The number of allylic oxidation sites excluding steroid dienone is 1. The Kier molecular flexibility index (Phi) is 6.70. The normalized spacial score (nSPS) is 27.1. The smallest absolute Gasteiger partial charge is 0.129 e. The van der Waals surface area contributed by atoms with Crippen LogP contribution in [0.5, 0.6) is 0 Å². The van der Waals surface area contributed by atoms with E-state index in [1.54, 1.807) is 0 Å². The number of fused-ring (bicyclic) bond motifs is 1. The van der Waals surface area contributed by atoms with Crippen LogP contribution >= 0.6 is 11.3 Å². The SMILES string of the molecule is CN1CCC(c2nc(C3CNc4ncc(C5=CCC(N6CCCOCC6)CC5)cc43)cs2)CC1. The molecule has 2 fully saturated rings. The van der Waals surface area contributed by atoms with Crippen molar-refractivity contribution in [3.8, 4) is 0 Å². The fourth-order valence-electron chi connectivity index (χ4n) is 6.09. The number of rotatable bonds is 4. The molecule has 0 aromatic carbocycles. The molecule has 6 rings (SSSR count). The van der Waals surface area contributed by atoms with Gasteiger partial charge in [-0.15, -0.1) is 11.3 Å². The highest BCUT2D eigenvalue weighted by molar-refractivity contribution is 7.09. The Bertz CT molecular complexity index is 1020. The molecule has 2 unspecified atom stereocenters. The maximum absolute atomic E-state index is 5.66. The molecule has 0 radical (unpaired) electrons. The molecule has 0 spiro atoms.